The molecule has 0 spiro atoms. The summed E-state index contributed by atoms with van der Waals surface area (Å²) in [5.41, 5.74) is 1.95. The predicted octanol–water partition coefficient (Wildman–Crippen LogP) is 4.17. The van der Waals surface area contributed by atoms with Crippen LogP contribution in [0.1, 0.15) is 45.6 Å². The van der Waals surface area contributed by atoms with Crippen LogP contribution < -0.4 is 5.32 Å². The Labute approximate surface area is 122 Å². The largest absolute Gasteiger partial charge is 0.313 e. The van der Waals surface area contributed by atoms with Gasteiger partial charge in [-0.3, -0.25) is 0 Å². The molecule has 3 unspecified atom stereocenters. The summed E-state index contributed by atoms with van der Waals surface area (Å²) in [5, 5.41) is 3.79. The highest BCUT2D eigenvalue weighted by Gasteiger charge is 2.58. The van der Waals surface area contributed by atoms with Crippen molar-refractivity contribution in [2.75, 3.05) is 6.54 Å². The smallest absolute Gasteiger partial charge is 0.123 e. The van der Waals surface area contributed by atoms with E-state index in [2.05, 4.69) is 26.1 Å². The summed E-state index contributed by atoms with van der Waals surface area (Å²) in [5.74, 6) is 0.744. The van der Waals surface area contributed by atoms with Crippen molar-refractivity contribution in [3.8, 4) is 0 Å². The molecule has 1 aromatic rings. The van der Waals surface area contributed by atoms with Crippen molar-refractivity contribution >= 4 is 0 Å². The summed E-state index contributed by atoms with van der Waals surface area (Å²) in [6.45, 7) is 8.23. The quantitative estimate of drug-likeness (QED) is 0.869. The van der Waals surface area contributed by atoms with Crippen LogP contribution in [0.2, 0.25) is 0 Å². The van der Waals surface area contributed by atoms with E-state index in [4.69, 9.17) is 0 Å². The lowest BCUT2D eigenvalue weighted by Gasteiger charge is -2.43. The van der Waals surface area contributed by atoms with E-state index < -0.39 is 0 Å². The third-order valence-electron chi connectivity index (χ3n) is 5.92. The van der Waals surface area contributed by atoms with Gasteiger partial charge < -0.3 is 5.32 Å². The van der Waals surface area contributed by atoms with Gasteiger partial charge in [0.1, 0.15) is 5.82 Å². The van der Waals surface area contributed by atoms with E-state index in [0.717, 1.165) is 24.4 Å². The lowest BCUT2D eigenvalue weighted by atomic mass is 9.68. The number of nitrogens with one attached hydrogen (secondary N) is 1. The molecule has 0 saturated heterocycles. The lowest BCUT2D eigenvalue weighted by molar-refractivity contribution is 0.110. The molecule has 2 saturated carbocycles. The molecular weight excluding hydrogens is 249 g/mol. The van der Waals surface area contributed by atoms with Crippen molar-refractivity contribution in [2.24, 2.45) is 16.7 Å². The average molecular weight is 275 g/mol. The number of fused-ring (bicyclic) bond motifs is 2. The molecule has 0 aromatic heterocycles. The minimum Gasteiger partial charge on any atom is -0.313 e. The Kier molecular flexibility index (Phi) is 3.40. The molecule has 2 bridgehead atoms. The Morgan fingerprint density at radius 1 is 1.30 bits per heavy atom. The summed E-state index contributed by atoms with van der Waals surface area (Å²) in [6.07, 6.45) is 5.03. The molecule has 0 aliphatic heterocycles. The van der Waals surface area contributed by atoms with Crippen LogP contribution in [0.15, 0.2) is 24.3 Å². The molecule has 3 rings (SSSR count). The topological polar surface area (TPSA) is 12.0 Å². The van der Waals surface area contributed by atoms with Gasteiger partial charge in [0.25, 0.3) is 0 Å². The van der Waals surface area contributed by atoms with Gasteiger partial charge in [-0.2, -0.15) is 0 Å². The molecular formula is C18H26FN. The Balaban J connectivity index is 1.61. The summed E-state index contributed by atoms with van der Waals surface area (Å²) in [6, 6.07) is 7.57. The first-order valence-electron chi connectivity index (χ1n) is 7.90. The lowest BCUT2D eigenvalue weighted by Crippen LogP contribution is -2.50. The van der Waals surface area contributed by atoms with E-state index in [1.807, 2.05) is 6.07 Å². The number of benzene rings is 1. The molecule has 0 heterocycles. The zero-order valence-electron chi connectivity index (χ0n) is 12.9. The fraction of sp³-hybridized carbons (Fsp3) is 0.667. The van der Waals surface area contributed by atoms with E-state index in [9.17, 15) is 4.39 Å². The standard InChI is InChI=1S/C18H26FN/c1-17(2)14-7-9-18(3,12-14)16(17)20-10-8-13-5-4-6-15(19)11-13/h4-6,11,14,16,20H,7-10,12H2,1-3H3. The Hall–Kier alpha value is -0.890. The fourth-order valence-corrected chi connectivity index (χ4v) is 4.86. The van der Waals surface area contributed by atoms with Crippen molar-refractivity contribution in [1.29, 1.82) is 0 Å². The van der Waals surface area contributed by atoms with Crippen molar-refractivity contribution in [1.82, 2.24) is 5.32 Å². The average Bonchev–Trinajstić information content (AvgIpc) is 2.85. The zero-order valence-corrected chi connectivity index (χ0v) is 12.9. The van der Waals surface area contributed by atoms with Crippen molar-refractivity contribution in [3.63, 3.8) is 0 Å². The highest BCUT2D eigenvalue weighted by molar-refractivity contribution is 5.17. The molecule has 2 fully saturated rings. The van der Waals surface area contributed by atoms with Gasteiger partial charge in [-0.25, -0.2) is 4.39 Å². The predicted molar refractivity (Wildman–Crippen MR) is 81.1 cm³/mol. The molecule has 20 heavy (non-hydrogen) atoms. The first kappa shape index (κ1) is 14.1. The molecule has 110 valence electrons. The monoisotopic (exact) mass is 275 g/mol. The first-order chi connectivity index (χ1) is 9.42. The van der Waals surface area contributed by atoms with Gasteiger partial charge in [-0.15, -0.1) is 0 Å². The number of rotatable bonds is 4. The van der Waals surface area contributed by atoms with Crippen molar-refractivity contribution < 1.29 is 4.39 Å². The van der Waals surface area contributed by atoms with E-state index in [1.165, 1.54) is 25.3 Å². The highest BCUT2D eigenvalue weighted by atomic mass is 19.1. The van der Waals surface area contributed by atoms with Crippen LogP contribution in [0.25, 0.3) is 0 Å². The second-order valence-electron chi connectivity index (χ2n) is 7.68. The fourth-order valence-electron chi connectivity index (χ4n) is 4.86. The second-order valence-corrected chi connectivity index (χ2v) is 7.68. The minimum atomic E-state index is -0.130. The van der Waals surface area contributed by atoms with Crippen LogP contribution in [0, 0.1) is 22.6 Å². The molecule has 0 radical (unpaired) electrons. The van der Waals surface area contributed by atoms with Gasteiger partial charge in [0.15, 0.2) is 0 Å². The maximum atomic E-state index is 13.2. The Morgan fingerprint density at radius 2 is 2.10 bits per heavy atom. The molecule has 1 N–H and O–H groups in total. The third kappa shape index (κ3) is 2.28. The normalized spacial score (nSPS) is 34.6. The van der Waals surface area contributed by atoms with Gasteiger partial charge in [0.05, 0.1) is 0 Å². The zero-order chi connectivity index (χ0) is 14.4. The summed E-state index contributed by atoms with van der Waals surface area (Å²) in [7, 11) is 0. The molecule has 1 nitrogen and oxygen atoms in total. The van der Waals surface area contributed by atoms with Crippen LogP contribution in [-0.2, 0) is 6.42 Å². The molecule has 3 atom stereocenters. The maximum Gasteiger partial charge on any atom is 0.123 e. The van der Waals surface area contributed by atoms with Crippen LogP contribution in [0.5, 0.6) is 0 Å². The third-order valence-corrected chi connectivity index (χ3v) is 5.92. The van der Waals surface area contributed by atoms with Gasteiger partial charge >= 0.3 is 0 Å². The van der Waals surface area contributed by atoms with Gasteiger partial charge in [-0.1, -0.05) is 32.9 Å². The number of hydrogen-bond donors (Lipinski definition) is 1. The highest BCUT2D eigenvalue weighted by Crippen LogP contribution is 2.62. The van der Waals surface area contributed by atoms with Gasteiger partial charge in [0, 0.05) is 6.04 Å². The van der Waals surface area contributed by atoms with Crippen molar-refractivity contribution in [2.45, 2.75) is 52.5 Å². The Bertz CT molecular complexity index is 491. The van der Waals surface area contributed by atoms with Crippen LogP contribution in [0.4, 0.5) is 4.39 Å². The van der Waals surface area contributed by atoms with Crippen molar-refractivity contribution in [3.05, 3.63) is 35.6 Å². The molecule has 2 aliphatic rings. The van der Waals surface area contributed by atoms with E-state index in [0.29, 0.717) is 16.9 Å². The SMILES string of the molecule is CC12CCC(C1)C(C)(C)C2NCCc1cccc(F)c1. The van der Waals surface area contributed by atoms with Gasteiger partial charge in [-0.05, 0) is 66.7 Å². The van der Waals surface area contributed by atoms with E-state index >= 15 is 0 Å². The minimum absolute atomic E-state index is 0.130. The summed E-state index contributed by atoms with van der Waals surface area (Å²) >= 11 is 0. The van der Waals surface area contributed by atoms with E-state index in [-0.39, 0.29) is 5.82 Å². The van der Waals surface area contributed by atoms with Gasteiger partial charge in [0.2, 0.25) is 0 Å². The van der Waals surface area contributed by atoms with Crippen LogP contribution >= 0.6 is 0 Å². The van der Waals surface area contributed by atoms with Crippen LogP contribution in [0.3, 0.4) is 0 Å². The number of halogens is 1. The molecule has 1 aromatic carbocycles. The van der Waals surface area contributed by atoms with Crippen LogP contribution in [-0.4, -0.2) is 12.6 Å². The molecule has 2 aliphatic carbocycles. The second kappa shape index (κ2) is 4.84. The Morgan fingerprint density at radius 3 is 2.75 bits per heavy atom. The summed E-state index contributed by atoms with van der Waals surface area (Å²) < 4.78 is 13.2. The first-order valence-corrected chi connectivity index (χ1v) is 7.90. The maximum absolute atomic E-state index is 13.2. The number of hydrogen-bond acceptors (Lipinski definition) is 1. The van der Waals surface area contributed by atoms with E-state index in [1.54, 1.807) is 12.1 Å². The molecule has 0 amide bonds. The molecule has 2 heteroatoms. The summed E-state index contributed by atoms with van der Waals surface area (Å²) in [4.78, 5) is 0.